The second kappa shape index (κ2) is 6.74. The van der Waals surface area contributed by atoms with Crippen molar-refractivity contribution in [2.24, 2.45) is 0 Å². The van der Waals surface area contributed by atoms with E-state index in [2.05, 4.69) is 15.9 Å². The Hall–Kier alpha value is -0.910. The molecule has 0 spiro atoms. The quantitative estimate of drug-likeness (QED) is 0.782. The Bertz CT molecular complexity index is 363. The van der Waals surface area contributed by atoms with Crippen LogP contribution in [-0.4, -0.2) is 44.9 Å². The van der Waals surface area contributed by atoms with Gasteiger partial charge in [-0.2, -0.15) is 0 Å². The molecule has 0 aliphatic heterocycles. The van der Waals surface area contributed by atoms with E-state index in [-0.39, 0.29) is 5.91 Å². The fraction of sp³-hybridized carbons (Fsp3) is 0.417. The number of benzene rings is 1. The molecule has 1 aromatic rings. The summed E-state index contributed by atoms with van der Waals surface area (Å²) >= 11 is 3.33. The van der Waals surface area contributed by atoms with Gasteiger partial charge in [0.15, 0.2) is 6.29 Å². The van der Waals surface area contributed by atoms with E-state index in [0.717, 1.165) is 4.47 Å². The minimum atomic E-state index is -0.403. The Morgan fingerprint density at radius 2 is 1.82 bits per heavy atom. The predicted octanol–water partition coefficient (Wildman–Crippen LogP) is 2.14. The number of nitrogens with zero attached hydrogens (tertiary/aromatic N) is 1. The van der Waals surface area contributed by atoms with E-state index in [1.54, 1.807) is 38.3 Å². The fourth-order valence-corrected chi connectivity index (χ4v) is 1.63. The largest absolute Gasteiger partial charge is 0.354 e. The molecule has 0 aromatic heterocycles. The molecule has 1 amide bonds. The fourth-order valence-electron chi connectivity index (χ4n) is 1.36. The molecule has 1 rings (SSSR count). The predicted molar refractivity (Wildman–Crippen MR) is 68.9 cm³/mol. The molecular weight excluding hydrogens is 286 g/mol. The van der Waals surface area contributed by atoms with E-state index < -0.39 is 6.29 Å². The van der Waals surface area contributed by atoms with Crippen molar-refractivity contribution in [1.82, 2.24) is 4.90 Å². The first kappa shape index (κ1) is 14.2. The monoisotopic (exact) mass is 301 g/mol. The normalized spacial score (nSPS) is 10.6. The van der Waals surface area contributed by atoms with Crippen LogP contribution in [0.2, 0.25) is 0 Å². The van der Waals surface area contributed by atoms with E-state index in [1.165, 1.54) is 0 Å². The highest BCUT2D eigenvalue weighted by Gasteiger charge is 2.16. The van der Waals surface area contributed by atoms with Crippen LogP contribution in [0.3, 0.4) is 0 Å². The molecule has 17 heavy (non-hydrogen) atoms. The summed E-state index contributed by atoms with van der Waals surface area (Å²) in [7, 11) is 4.81. The highest BCUT2D eigenvalue weighted by atomic mass is 79.9. The van der Waals surface area contributed by atoms with Gasteiger partial charge in [0.25, 0.3) is 5.91 Å². The number of halogens is 1. The van der Waals surface area contributed by atoms with Gasteiger partial charge in [0.1, 0.15) is 0 Å². The van der Waals surface area contributed by atoms with E-state index in [0.29, 0.717) is 12.1 Å². The van der Waals surface area contributed by atoms with Gasteiger partial charge in [-0.3, -0.25) is 4.79 Å². The molecule has 0 fully saturated rings. The number of amides is 1. The lowest BCUT2D eigenvalue weighted by atomic mass is 10.2. The number of hydrogen-bond donors (Lipinski definition) is 0. The van der Waals surface area contributed by atoms with Crippen molar-refractivity contribution in [2.45, 2.75) is 6.29 Å². The third-order valence-corrected chi connectivity index (χ3v) is 2.92. The third-order valence-electron chi connectivity index (χ3n) is 2.39. The molecule has 4 nitrogen and oxygen atoms in total. The molecule has 94 valence electrons. The van der Waals surface area contributed by atoms with Crippen molar-refractivity contribution >= 4 is 21.8 Å². The Kier molecular flexibility index (Phi) is 5.61. The maximum Gasteiger partial charge on any atom is 0.253 e. The summed E-state index contributed by atoms with van der Waals surface area (Å²) in [6, 6.07) is 7.23. The second-order valence-electron chi connectivity index (χ2n) is 3.59. The van der Waals surface area contributed by atoms with Gasteiger partial charge in [-0.05, 0) is 24.3 Å². The van der Waals surface area contributed by atoms with Gasteiger partial charge in [-0.25, -0.2) is 0 Å². The van der Waals surface area contributed by atoms with Gasteiger partial charge in [0.05, 0.1) is 6.54 Å². The Morgan fingerprint density at radius 1 is 1.29 bits per heavy atom. The summed E-state index contributed by atoms with van der Waals surface area (Å²) in [4.78, 5) is 13.6. The molecule has 0 unspecified atom stereocenters. The average Bonchev–Trinajstić information content (AvgIpc) is 2.35. The highest BCUT2D eigenvalue weighted by Crippen LogP contribution is 2.12. The summed E-state index contributed by atoms with van der Waals surface area (Å²) in [6.07, 6.45) is -0.403. The van der Waals surface area contributed by atoms with Crippen LogP contribution in [0.5, 0.6) is 0 Å². The molecule has 0 radical (unpaired) electrons. The first-order valence-electron chi connectivity index (χ1n) is 5.15. The number of carbonyl (C=O) groups is 1. The number of hydrogen-bond acceptors (Lipinski definition) is 3. The Labute approximate surface area is 110 Å². The summed E-state index contributed by atoms with van der Waals surface area (Å²) < 4.78 is 11.1. The zero-order chi connectivity index (χ0) is 12.8. The van der Waals surface area contributed by atoms with Crippen molar-refractivity contribution in [3.05, 3.63) is 34.3 Å². The van der Waals surface area contributed by atoms with Crippen molar-refractivity contribution < 1.29 is 14.3 Å². The molecule has 0 aliphatic carbocycles. The lowest BCUT2D eigenvalue weighted by Gasteiger charge is -2.22. The SMILES string of the molecule is COC(CN(C)C(=O)c1ccc(Br)cc1)OC. The number of rotatable bonds is 5. The zero-order valence-corrected chi connectivity index (χ0v) is 11.7. The summed E-state index contributed by atoms with van der Waals surface area (Å²) in [5.74, 6) is -0.0587. The molecule has 0 heterocycles. The highest BCUT2D eigenvalue weighted by molar-refractivity contribution is 9.10. The van der Waals surface area contributed by atoms with Gasteiger partial charge < -0.3 is 14.4 Å². The number of carbonyl (C=O) groups excluding carboxylic acids is 1. The zero-order valence-electron chi connectivity index (χ0n) is 10.1. The minimum Gasteiger partial charge on any atom is -0.354 e. The van der Waals surface area contributed by atoms with Crippen LogP contribution in [0.4, 0.5) is 0 Å². The molecule has 0 saturated heterocycles. The lowest BCUT2D eigenvalue weighted by Crippen LogP contribution is -2.36. The first-order valence-corrected chi connectivity index (χ1v) is 5.94. The Balaban J connectivity index is 2.66. The van der Waals surface area contributed by atoms with Crippen LogP contribution in [0.25, 0.3) is 0 Å². The summed E-state index contributed by atoms with van der Waals surface area (Å²) in [6.45, 7) is 0.391. The maximum absolute atomic E-state index is 12.0. The van der Waals surface area contributed by atoms with Gasteiger partial charge in [-0.1, -0.05) is 15.9 Å². The second-order valence-corrected chi connectivity index (χ2v) is 4.51. The van der Waals surface area contributed by atoms with Gasteiger partial charge in [-0.15, -0.1) is 0 Å². The van der Waals surface area contributed by atoms with Crippen molar-refractivity contribution in [2.75, 3.05) is 27.8 Å². The molecular formula is C12H16BrNO3. The van der Waals surface area contributed by atoms with E-state index >= 15 is 0 Å². The number of ether oxygens (including phenoxy) is 2. The molecule has 0 saturated carbocycles. The summed E-state index contributed by atoms with van der Waals surface area (Å²) in [5.41, 5.74) is 0.640. The molecule has 5 heteroatoms. The standard InChI is InChI=1S/C12H16BrNO3/c1-14(8-11(16-2)17-3)12(15)9-4-6-10(13)7-5-9/h4-7,11H,8H2,1-3H3. The first-order chi connectivity index (χ1) is 8.08. The average molecular weight is 302 g/mol. The van der Waals surface area contributed by atoms with E-state index in [4.69, 9.17) is 9.47 Å². The van der Waals surface area contributed by atoms with Crippen LogP contribution in [-0.2, 0) is 9.47 Å². The molecule has 1 aromatic carbocycles. The van der Waals surface area contributed by atoms with Crippen LogP contribution in [0.15, 0.2) is 28.7 Å². The molecule has 0 atom stereocenters. The molecule has 0 aliphatic rings. The van der Waals surface area contributed by atoms with Crippen molar-refractivity contribution in [3.63, 3.8) is 0 Å². The smallest absolute Gasteiger partial charge is 0.253 e. The minimum absolute atomic E-state index is 0.0587. The van der Waals surface area contributed by atoms with Gasteiger partial charge in [0.2, 0.25) is 0 Å². The van der Waals surface area contributed by atoms with Crippen LogP contribution >= 0.6 is 15.9 Å². The van der Waals surface area contributed by atoms with Gasteiger partial charge in [0, 0.05) is 31.3 Å². The third kappa shape index (κ3) is 4.11. The number of likely N-dealkylation sites (N-methyl/N-ethyl adjacent to an activating group) is 1. The van der Waals surface area contributed by atoms with Crippen molar-refractivity contribution in [3.8, 4) is 0 Å². The van der Waals surface area contributed by atoms with Crippen LogP contribution in [0.1, 0.15) is 10.4 Å². The maximum atomic E-state index is 12.0. The van der Waals surface area contributed by atoms with Gasteiger partial charge >= 0.3 is 0 Å². The summed E-state index contributed by atoms with van der Waals surface area (Å²) in [5, 5.41) is 0. The van der Waals surface area contributed by atoms with E-state index in [1.807, 2.05) is 12.1 Å². The lowest BCUT2D eigenvalue weighted by molar-refractivity contribution is -0.110. The number of methoxy groups -OCH3 is 2. The van der Waals surface area contributed by atoms with E-state index in [9.17, 15) is 4.79 Å². The van der Waals surface area contributed by atoms with Crippen molar-refractivity contribution in [1.29, 1.82) is 0 Å². The molecule has 0 bridgehead atoms. The topological polar surface area (TPSA) is 38.8 Å². The van der Waals surface area contributed by atoms with Crippen LogP contribution < -0.4 is 0 Å². The Morgan fingerprint density at radius 3 is 2.29 bits per heavy atom. The molecule has 0 N–H and O–H groups in total. The van der Waals surface area contributed by atoms with Crippen LogP contribution in [0, 0.1) is 0 Å².